The quantitative estimate of drug-likeness (QED) is 0.689. The number of hydrogen-bond donors (Lipinski definition) is 3. The Balaban J connectivity index is 2.31. The average molecular weight is 317 g/mol. The maximum atomic E-state index is 11.5. The van der Waals surface area contributed by atoms with Crippen molar-refractivity contribution >= 4 is 50.3 Å². The van der Waals surface area contributed by atoms with Crippen LogP contribution in [0.3, 0.4) is 0 Å². The Kier molecular flexibility index (Phi) is 3.15. The summed E-state index contributed by atoms with van der Waals surface area (Å²) in [6, 6.07) is 7.84. The fraction of sp³-hybridized carbons (Fsp3) is 0. The van der Waals surface area contributed by atoms with Gasteiger partial charge >= 0.3 is 0 Å². The summed E-state index contributed by atoms with van der Waals surface area (Å²) in [6.45, 7) is 0. The summed E-state index contributed by atoms with van der Waals surface area (Å²) in [6.07, 6.45) is 0. The molecule has 0 atom stereocenters. The van der Waals surface area contributed by atoms with Crippen LogP contribution in [0, 0.1) is 0 Å². The molecule has 0 radical (unpaired) electrons. The van der Waals surface area contributed by atoms with Gasteiger partial charge in [-0.1, -0.05) is 18.2 Å². The van der Waals surface area contributed by atoms with Crippen LogP contribution in [0.25, 0.3) is 20.5 Å². The highest BCUT2D eigenvalue weighted by molar-refractivity contribution is 7.20. The Morgan fingerprint density at radius 3 is 2.38 bits per heavy atom. The van der Waals surface area contributed by atoms with Crippen molar-refractivity contribution in [1.29, 1.82) is 0 Å². The zero-order valence-corrected chi connectivity index (χ0v) is 12.4. The second-order valence-corrected chi connectivity index (χ2v) is 6.35. The van der Waals surface area contributed by atoms with Gasteiger partial charge in [0.2, 0.25) is 0 Å². The van der Waals surface area contributed by atoms with Gasteiger partial charge in [0.1, 0.15) is 4.88 Å². The number of hydrogen-bond acceptors (Lipinski definition) is 5. The molecule has 0 aliphatic carbocycles. The number of benzene rings is 1. The smallest absolute Gasteiger partial charge is 0.259 e. The van der Waals surface area contributed by atoms with E-state index in [2.05, 4.69) is 0 Å². The molecule has 0 aliphatic rings. The molecule has 0 bridgehead atoms. The Morgan fingerprint density at radius 2 is 1.76 bits per heavy atom. The average Bonchev–Trinajstić information content (AvgIpc) is 2.99. The Bertz CT molecular complexity index is 880. The Morgan fingerprint density at radius 1 is 1.05 bits per heavy atom. The third-order valence-corrected chi connectivity index (χ3v) is 5.36. The second-order valence-electron chi connectivity index (χ2n) is 4.42. The van der Waals surface area contributed by atoms with E-state index in [4.69, 9.17) is 17.2 Å². The molecule has 0 saturated carbocycles. The number of nitrogen functional groups attached to an aromatic ring is 1. The number of rotatable bonds is 3. The van der Waals surface area contributed by atoms with Gasteiger partial charge in [0.15, 0.2) is 0 Å². The number of carbonyl (C=O) groups is 2. The Labute approximate surface area is 128 Å². The predicted octanol–water partition coefficient (Wildman–Crippen LogP) is 2.41. The number of fused-ring (bicyclic) bond motifs is 1. The van der Waals surface area contributed by atoms with Crippen molar-refractivity contribution in [3.63, 3.8) is 0 Å². The SMILES string of the molecule is NC(=O)c1sc(-c2csc3ccccc23)c(N)c1C(N)=O. The zero-order chi connectivity index (χ0) is 15.1. The lowest BCUT2D eigenvalue weighted by atomic mass is 10.1. The van der Waals surface area contributed by atoms with Crippen LogP contribution >= 0.6 is 22.7 Å². The van der Waals surface area contributed by atoms with Crippen molar-refractivity contribution < 1.29 is 9.59 Å². The third kappa shape index (κ3) is 2.07. The molecule has 1 aromatic carbocycles. The topological polar surface area (TPSA) is 112 Å². The maximum Gasteiger partial charge on any atom is 0.259 e. The van der Waals surface area contributed by atoms with Gasteiger partial charge in [-0.3, -0.25) is 9.59 Å². The molecule has 0 aliphatic heterocycles. The van der Waals surface area contributed by atoms with Gasteiger partial charge in [0.25, 0.3) is 11.8 Å². The van der Waals surface area contributed by atoms with Crippen LogP contribution in [0.4, 0.5) is 5.69 Å². The minimum atomic E-state index is -0.747. The molecule has 0 spiro atoms. The maximum absolute atomic E-state index is 11.5. The number of anilines is 1. The van der Waals surface area contributed by atoms with E-state index in [9.17, 15) is 9.59 Å². The summed E-state index contributed by atoms with van der Waals surface area (Å²) >= 11 is 2.67. The third-order valence-electron chi connectivity index (χ3n) is 3.14. The van der Waals surface area contributed by atoms with Gasteiger partial charge in [0, 0.05) is 21.0 Å². The summed E-state index contributed by atoms with van der Waals surface area (Å²) < 4.78 is 1.10. The number of primary amides is 2. The van der Waals surface area contributed by atoms with Gasteiger partial charge in [-0.2, -0.15) is 0 Å². The largest absolute Gasteiger partial charge is 0.397 e. The first-order valence-corrected chi connectivity index (χ1v) is 7.68. The molecule has 2 amide bonds. The van der Waals surface area contributed by atoms with Crippen molar-refractivity contribution in [3.8, 4) is 10.4 Å². The van der Waals surface area contributed by atoms with Gasteiger partial charge in [-0.15, -0.1) is 22.7 Å². The predicted molar refractivity (Wildman–Crippen MR) is 86.6 cm³/mol. The van der Waals surface area contributed by atoms with E-state index in [1.165, 1.54) is 0 Å². The molecule has 2 heterocycles. The molecule has 3 aromatic rings. The fourth-order valence-corrected chi connectivity index (χ4v) is 4.35. The molecule has 6 N–H and O–H groups in total. The molecule has 0 fully saturated rings. The summed E-state index contributed by atoms with van der Waals surface area (Å²) in [7, 11) is 0. The highest BCUT2D eigenvalue weighted by atomic mass is 32.1. The van der Waals surface area contributed by atoms with Gasteiger partial charge in [-0.05, 0) is 6.07 Å². The van der Waals surface area contributed by atoms with Crippen LogP contribution in [0.5, 0.6) is 0 Å². The van der Waals surface area contributed by atoms with E-state index >= 15 is 0 Å². The lowest BCUT2D eigenvalue weighted by Gasteiger charge is -1.99. The van der Waals surface area contributed by atoms with Gasteiger partial charge in [-0.25, -0.2) is 0 Å². The van der Waals surface area contributed by atoms with E-state index in [-0.39, 0.29) is 16.1 Å². The first-order chi connectivity index (χ1) is 10.0. The number of thiophene rings is 2. The fourth-order valence-electron chi connectivity index (χ4n) is 2.22. The monoisotopic (exact) mass is 317 g/mol. The molecule has 5 nitrogen and oxygen atoms in total. The molecule has 106 valence electrons. The van der Waals surface area contributed by atoms with Crippen molar-refractivity contribution in [2.45, 2.75) is 0 Å². The van der Waals surface area contributed by atoms with Crippen LogP contribution in [-0.2, 0) is 0 Å². The van der Waals surface area contributed by atoms with Crippen LogP contribution in [-0.4, -0.2) is 11.8 Å². The van der Waals surface area contributed by atoms with E-state index < -0.39 is 11.8 Å². The minimum Gasteiger partial charge on any atom is -0.397 e. The van der Waals surface area contributed by atoms with Crippen molar-refractivity contribution in [3.05, 3.63) is 40.1 Å². The normalized spacial score (nSPS) is 10.9. The van der Waals surface area contributed by atoms with Crippen molar-refractivity contribution in [2.75, 3.05) is 5.73 Å². The van der Waals surface area contributed by atoms with Crippen molar-refractivity contribution in [2.24, 2.45) is 11.5 Å². The molecular weight excluding hydrogens is 306 g/mol. The van der Waals surface area contributed by atoms with E-state index in [0.717, 1.165) is 27.0 Å². The molecule has 0 unspecified atom stereocenters. The van der Waals surface area contributed by atoms with E-state index in [1.54, 1.807) is 11.3 Å². The summed E-state index contributed by atoms with van der Waals surface area (Å²) in [5, 5.41) is 2.96. The molecule has 7 heteroatoms. The number of amides is 2. The minimum absolute atomic E-state index is 0.0118. The van der Waals surface area contributed by atoms with Crippen LogP contribution in [0.1, 0.15) is 20.0 Å². The van der Waals surface area contributed by atoms with Crippen LogP contribution < -0.4 is 17.2 Å². The summed E-state index contributed by atoms with van der Waals surface area (Å²) in [5.74, 6) is -1.45. The second kappa shape index (κ2) is 4.87. The first-order valence-electron chi connectivity index (χ1n) is 5.99. The zero-order valence-electron chi connectivity index (χ0n) is 10.8. The lowest BCUT2D eigenvalue weighted by Crippen LogP contribution is -2.19. The molecule has 2 aromatic heterocycles. The summed E-state index contributed by atoms with van der Waals surface area (Å²) in [5.41, 5.74) is 17.8. The lowest BCUT2D eigenvalue weighted by molar-refractivity contribution is 0.0971. The molecule has 21 heavy (non-hydrogen) atoms. The van der Waals surface area contributed by atoms with Gasteiger partial charge < -0.3 is 17.2 Å². The molecular formula is C14H11N3O2S2. The Hall–Kier alpha value is -2.38. The summed E-state index contributed by atoms with van der Waals surface area (Å²) in [4.78, 5) is 23.8. The highest BCUT2D eigenvalue weighted by Crippen LogP contribution is 2.43. The standard InChI is InChI=1S/C14H11N3O2S2/c15-10-9(13(16)18)12(14(17)19)21-11(10)7-5-20-8-4-2-1-3-6(7)8/h1-5H,15H2,(H2,16,18)(H2,17,19). The van der Waals surface area contributed by atoms with Crippen molar-refractivity contribution in [1.82, 2.24) is 0 Å². The highest BCUT2D eigenvalue weighted by Gasteiger charge is 2.25. The number of carbonyl (C=O) groups excluding carboxylic acids is 2. The van der Waals surface area contributed by atoms with Crippen LogP contribution in [0.15, 0.2) is 29.6 Å². The van der Waals surface area contributed by atoms with E-state index in [1.807, 2.05) is 29.6 Å². The number of nitrogens with two attached hydrogens (primary N) is 3. The van der Waals surface area contributed by atoms with E-state index in [0.29, 0.717) is 4.88 Å². The molecule has 3 rings (SSSR count). The molecule has 0 saturated heterocycles. The van der Waals surface area contributed by atoms with Gasteiger partial charge in [0.05, 0.1) is 16.1 Å². The van der Waals surface area contributed by atoms with Crippen LogP contribution in [0.2, 0.25) is 0 Å². The first kappa shape index (κ1) is 13.6.